The van der Waals surface area contributed by atoms with E-state index in [1.165, 1.54) is 0 Å². The number of rotatable bonds is 7. The summed E-state index contributed by atoms with van der Waals surface area (Å²) >= 11 is 5.81. The SMILES string of the molecule is O=C(O)COc1ccc(/C=N\NCc2ccc(Cl)cc2)cc1. The van der Waals surface area contributed by atoms with E-state index < -0.39 is 5.97 Å². The molecule has 2 aromatic carbocycles. The van der Waals surface area contributed by atoms with Crippen LogP contribution in [0.4, 0.5) is 0 Å². The van der Waals surface area contributed by atoms with E-state index in [1.807, 2.05) is 24.3 Å². The van der Waals surface area contributed by atoms with Crippen LogP contribution in [-0.4, -0.2) is 23.9 Å². The number of nitrogens with zero attached hydrogens (tertiary/aromatic N) is 1. The van der Waals surface area contributed by atoms with Crippen LogP contribution in [0.15, 0.2) is 53.6 Å². The second-order valence-electron chi connectivity index (χ2n) is 4.47. The summed E-state index contributed by atoms with van der Waals surface area (Å²) in [5, 5.41) is 13.3. The molecule has 0 saturated carbocycles. The maximum atomic E-state index is 10.4. The van der Waals surface area contributed by atoms with E-state index >= 15 is 0 Å². The molecule has 114 valence electrons. The molecule has 0 unspecified atom stereocenters. The van der Waals surface area contributed by atoms with Gasteiger partial charge in [0.15, 0.2) is 6.61 Å². The Morgan fingerprint density at radius 2 is 1.86 bits per heavy atom. The Balaban J connectivity index is 1.80. The van der Waals surface area contributed by atoms with Crippen LogP contribution in [0, 0.1) is 0 Å². The first-order valence-electron chi connectivity index (χ1n) is 6.58. The zero-order valence-electron chi connectivity index (χ0n) is 11.7. The fourth-order valence-corrected chi connectivity index (χ4v) is 1.78. The average Bonchev–Trinajstić information content (AvgIpc) is 2.52. The van der Waals surface area contributed by atoms with Gasteiger partial charge in [-0.1, -0.05) is 23.7 Å². The van der Waals surface area contributed by atoms with E-state index in [0.717, 1.165) is 11.1 Å². The quantitative estimate of drug-likeness (QED) is 0.608. The Morgan fingerprint density at radius 1 is 1.18 bits per heavy atom. The lowest BCUT2D eigenvalue weighted by molar-refractivity contribution is -0.139. The molecule has 0 amide bonds. The standard InChI is InChI=1S/C16H15ClN2O3/c17-14-5-1-12(2-6-14)9-18-19-10-13-3-7-15(8-4-13)22-11-16(20)21/h1-8,10,18H,9,11H2,(H,20,21)/b19-10-. The molecule has 0 aliphatic rings. The van der Waals surface area contributed by atoms with E-state index in [9.17, 15) is 4.79 Å². The van der Waals surface area contributed by atoms with Gasteiger partial charge in [0.2, 0.25) is 0 Å². The van der Waals surface area contributed by atoms with Gasteiger partial charge in [-0.3, -0.25) is 0 Å². The highest BCUT2D eigenvalue weighted by atomic mass is 35.5. The third-order valence-electron chi connectivity index (χ3n) is 2.74. The smallest absolute Gasteiger partial charge is 0.341 e. The van der Waals surface area contributed by atoms with Crippen LogP contribution in [0.1, 0.15) is 11.1 Å². The minimum Gasteiger partial charge on any atom is -0.482 e. The fourth-order valence-electron chi connectivity index (χ4n) is 1.65. The van der Waals surface area contributed by atoms with Crippen molar-refractivity contribution in [3.05, 3.63) is 64.7 Å². The predicted octanol–water partition coefficient (Wildman–Crippen LogP) is 2.93. The van der Waals surface area contributed by atoms with Crippen molar-refractivity contribution in [1.29, 1.82) is 0 Å². The summed E-state index contributed by atoms with van der Waals surface area (Å²) in [6.07, 6.45) is 1.68. The number of hydrogen-bond donors (Lipinski definition) is 2. The van der Waals surface area contributed by atoms with Crippen LogP contribution < -0.4 is 10.2 Å². The van der Waals surface area contributed by atoms with Crippen LogP contribution in [0.25, 0.3) is 0 Å². The van der Waals surface area contributed by atoms with Gasteiger partial charge in [-0.25, -0.2) is 4.79 Å². The lowest BCUT2D eigenvalue weighted by atomic mass is 10.2. The van der Waals surface area contributed by atoms with Crippen molar-refractivity contribution in [2.75, 3.05) is 6.61 Å². The molecule has 0 heterocycles. The summed E-state index contributed by atoms with van der Waals surface area (Å²) < 4.78 is 5.05. The van der Waals surface area contributed by atoms with Crippen molar-refractivity contribution >= 4 is 23.8 Å². The normalized spacial score (nSPS) is 10.6. The maximum Gasteiger partial charge on any atom is 0.341 e. The number of nitrogens with one attached hydrogen (secondary N) is 1. The number of carbonyl (C=O) groups is 1. The molecule has 2 aromatic rings. The lowest BCUT2D eigenvalue weighted by Crippen LogP contribution is -2.09. The van der Waals surface area contributed by atoms with Gasteiger partial charge in [-0.15, -0.1) is 0 Å². The second-order valence-corrected chi connectivity index (χ2v) is 4.91. The van der Waals surface area contributed by atoms with Crippen LogP contribution in [0.2, 0.25) is 5.02 Å². The maximum absolute atomic E-state index is 10.4. The van der Waals surface area contributed by atoms with Crippen molar-refractivity contribution in [3.8, 4) is 5.75 Å². The van der Waals surface area contributed by atoms with E-state index in [2.05, 4.69) is 10.5 Å². The van der Waals surface area contributed by atoms with Crippen molar-refractivity contribution in [2.24, 2.45) is 5.10 Å². The number of hydrazone groups is 1. The van der Waals surface area contributed by atoms with Crippen molar-refractivity contribution in [3.63, 3.8) is 0 Å². The number of halogens is 1. The summed E-state index contributed by atoms with van der Waals surface area (Å²) in [7, 11) is 0. The molecule has 22 heavy (non-hydrogen) atoms. The third kappa shape index (κ3) is 5.46. The van der Waals surface area contributed by atoms with Crippen LogP contribution in [0.3, 0.4) is 0 Å². The molecule has 0 saturated heterocycles. The van der Waals surface area contributed by atoms with Gasteiger partial charge in [0.05, 0.1) is 12.8 Å². The minimum atomic E-state index is -1.00. The number of carboxylic acids is 1. The minimum absolute atomic E-state index is 0.351. The Hall–Kier alpha value is -2.53. The zero-order chi connectivity index (χ0) is 15.8. The molecular weight excluding hydrogens is 304 g/mol. The van der Waals surface area contributed by atoms with Gasteiger partial charge in [0.25, 0.3) is 0 Å². The zero-order valence-corrected chi connectivity index (χ0v) is 12.5. The van der Waals surface area contributed by atoms with Gasteiger partial charge in [-0.2, -0.15) is 5.10 Å². The molecule has 2 rings (SSSR count). The number of ether oxygens (including phenoxy) is 1. The summed E-state index contributed by atoms with van der Waals surface area (Å²) in [6, 6.07) is 14.5. The van der Waals surface area contributed by atoms with E-state index in [4.69, 9.17) is 21.4 Å². The molecule has 0 spiro atoms. The molecule has 0 fully saturated rings. The fraction of sp³-hybridized carbons (Fsp3) is 0.125. The third-order valence-corrected chi connectivity index (χ3v) is 3.00. The van der Waals surface area contributed by atoms with Gasteiger partial charge >= 0.3 is 5.97 Å². The Kier molecular flexibility index (Phi) is 5.80. The summed E-state index contributed by atoms with van der Waals surface area (Å²) in [5.74, 6) is -0.495. The number of hydrogen-bond acceptors (Lipinski definition) is 4. The Morgan fingerprint density at radius 3 is 2.50 bits per heavy atom. The van der Waals surface area contributed by atoms with Gasteiger partial charge in [-0.05, 0) is 47.5 Å². The summed E-state index contributed by atoms with van der Waals surface area (Å²) in [6.45, 7) is 0.254. The molecule has 2 N–H and O–H groups in total. The first kappa shape index (κ1) is 15.9. The molecular formula is C16H15ClN2O3. The monoisotopic (exact) mass is 318 g/mol. The molecule has 0 atom stereocenters. The van der Waals surface area contributed by atoms with Crippen molar-refractivity contribution in [1.82, 2.24) is 5.43 Å². The molecule has 0 aliphatic carbocycles. The second kappa shape index (κ2) is 8.05. The Bertz CT molecular complexity index is 639. The van der Waals surface area contributed by atoms with Gasteiger partial charge in [0.1, 0.15) is 5.75 Å². The molecule has 0 aromatic heterocycles. The van der Waals surface area contributed by atoms with Gasteiger partial charge < -0.3 is 15.3 Å². The first-order chi connectivity index (χ1) is 10.6. The van der Waals surface area contributed by atoms with E-state index in [0.29, 0.717) is 17.3 Å². The van der Waals surface area contributed by atoms with E-state index in [-0.39, 0.29) is 6.61 Å². The highest BCUT2D eigenvalue weighted by molar-refractivity contribution is 6.30. The predicted molar refractivity (Wildman–Crippen MR) is 85.5 cm³/mol. The summed E-state index contributed by atoms with van der Waals surface area (Å²) in [5.41, 5.74) is 4.90. The van der Waals surface area contributed by atoms with E-state index in [1.54, 1.807) is 30.5 Å². The highest BCUT2D eigenvalue weighted by Crippen LogP contribution is 2.11. The Labute approximate surface area is 133 Å². The molecule has 0 bridgehead atoms. The van der Waals surface area contributed by atoms with Gasteiger partial charge in [0, 0.05) is 5.02 Å². The molecule has 0 radical (unpaired) electrons. The van der Waals surface area contributed by atoms with Crippen LogP contribution in [0.5, 0.6) is 5.75 Å². The molecule has 5 nitrogen and oxygen atoms in total. The topological polar surface area (TPSA) is 70.9 Å². The first-order valence-corrected chi connectivity index (χ1v) is 6.96. The number of carboxylic acid groups (broad SMARTS) is 1. The molecule has 0 aliphatic heterocycles. The largest absolute Gasteiger partial charge is 0.482 e. The number of benzene rings is 2. The average molecular weight is 319 g/mol. The van der Waals surface area contributed by atoms with Crippen LogP contribution >= 0.6 is 11.6 Å². The lowest BCUT2D eigenvalue weighted by Gasteiger charge is -2.03. The summed E-state index contributed by atoms with van der Waals surface area (Å²) in [4.78, 5) is 10.4. The number of aliphatic carboxylic acids is 1. The molecule has 6 heteroatoms. The van der Waals surface area contributed by atoms with Crippen LogP contribution in [-0.2, 0) is 11.3 Å². The van der Waals surface area contributed by atoms with Crippen molar-refractivity contribution in [2.45, 2.75) is 6.54 Å². The highest BCUT2D eigenvalue weighted by Gasteiger charge is 1.98. The van der Waals surface area contributed by atoms with Crippen molar-refractivity contribution < 1.29 is 14.6 Å².